The molecule has 2 heterocycles. The first kappa shape index (κ1) is 23.6. The van der Waals surface area contributed by atoms with Gasteiger partial charge in [0.2, 0.25) is 16.8 Å². The van der Waals surface area contributed by atoms with E-state index in [4.69, 9.17) is 9.47 Å². The molecule has 7 nitrogen and oxygen atoms in total. The Morgan fingerprint density at radius 2 is 1.79 bits per heavy atom. The maximum atomic E-state index is 13.5. The zero-order valence-corrected chi connectivity index (χ0v) is 20.6. The average molecular weight is 473 g/mol. The quantitative estimate of drug-likeness (QED) is 0.632. The van der Waals surface area contributed by atoms with Gasteiger partial charge in [0.1, 0.15) is 0 Å². The molecular weight excluding hydrogens is 440 g/mol. The third kappa shape index (κ3) is 4.73. The van der Waals surface area contributed by atoms with Crippen LogP contribution in [0.1, 0.15) is 53.7 Å². The van der Waals surface area contributed by atoms with Gasteiger partial charge in [0.05, 0.1) is 4.90 Å². The first-order valence-electron chi connectivity index (χ1n) is 11.5. The molecule has 0 aromatic heterocycles. The van der Waals surface area contributed by atoms with Gasteiger partial charge in [-0.25, -0.2) is 8.42 Å². The minimum absolute atomic E-state index is 0.193. The lowest BCUT2D eigenvalue weighted by molar-refractivity contribution is 0.0752. The molecule has 1 saturated heterocycles. The van der Waals surface area contributed by atoms with Gasteiger partial charge in [-0.1, -0.05) is 13.0 Å². The van der Waals surface area contributed by atoms with E-state index in [0.717, 1.165) is 24.0 Å². The van der Waals surface area contributed by atoms with E-state index in [1.165, 1.54) is 0 Å². The first-order valence-corrected chi connectivity index (χ1v) is 12.9. The van der Waals surface area contributed by atoms with E-state index in [1.54, 1.807) is 21.3 Å². The summed E-state index contributed by atoms with van der Waals surface area (Å²) in [5.41, 5.74) is 2.81. The van der Waals surface area contributed by atoms with Crippen LogP contribution in [0.15, 0.2) is 35.2 Å². The summed E-state index contributed by atoms with van der Waals surface area (Å²) in [6.45, 7) is 9.86. The predicted octanol–water partition coefficient (Wildman–Crippen LogP) is 4.12. The summed E-state index contributed by atoms with van der Waals surface area (Å²) in [6.07, 6.45) is 1.71. The molecule has 2 aliphatic rings. The van der Waals surface area contributed by atoms with E-state index in [2.05, 4.69) is 6.92 Å². The van der Waals surface area contributed by atoms with Gasteiger partial charge in [0.15, 0.2) is 11.5 Å². The Balaban J connectivity index is 1.61. The molecule has 0 N–H and O–H groups in total. The number of benzene rings is 2. The van der Waals surface area contributed by atoms with Crippen LogP contribution >= 0.6 is 0 Å². The Bertz CT molecular complexity index is 1150. The number of piperidine rings is 1. The van der Waals surface area contributed by atoms with E-state index in [1.807, 2.05) is 39.0 Å². The number of sulfonamides is 1. The molecule has 1 fully saturated rings. The lowest BCUT2D eigenvalue weighted by Gasteiger charge is -2.30. The third-order valence-electron chi connectivity index (χ3n) is 6.71. The standard InChI is InChI=1S/C25H32N2O5S/c1-5-26(15-20-6-7-22-23(13-20)32-16-31-22)25(28)21-12-18(3)19(4)24(14-21)33(29,30)27-10-8-17(2)9-11-27/h6-7,12-14,17H,5,8-11,15-16H2,1-4H3. The maximum absolute atomic E-state index is 13.5. The van der Waals surface area contributed by atoms with Crippen molar-refractivity contribution in [3.8, 4) is 11.5 Å². The summed E-state index contributed by atoms with van der Waals surface area (Å²) >= 11 is 0. The molecule has 0 spiro atoms. The minimum Gasteiger partial charge on any atom is -0.454 e. The monoisotopic (exact) mass is 472 g/mol. The van der Waals surface area contributed by atoms with Crippen molar-refractivity contribution < 1.29 is 22.7 Å². The van der Waals surface area contributed by atoms with E-state index in [9.17, 15) is 13.2 Å². The van der Waals surface area contributed by atoms with Crippen LogP contribution in [-0.2, 0) is 16.6 Å². The molecule has 0 atom stereocenters. The topological polar surface area (TPSA) is 76.1 Å². The highest BCUT2D eigenvalue weighted by Crippen LogP contribution is 2.33. The highest BCUT2D eigenvalue weighted by atomic mass is 32.2. The van der Waals surface area contributed by atoms with Crippen molar-refractivity contribution in [2.45, 2.75) is 52.0 Å². The number of aryl methyl sites for hydroxylation is 1. The van der Waals surface area contributed by atoms with Crippen molar-refractivity contribution in [2.24, 2.45) is 5.92 Å². The Hall–Kier alpha value is -2.58. The van der Waals surface area contributed by atoms with Gasteiger partial charge in [0, 0.05) is 31.7 Å². The molecule has 0 aliphatic carbocycles. The summed E-state index contributed by atoms with van der Waals surface area (Å²) in [4.78, 5) is 15.4. The molecule has 0 bridgehead atoms. The smallest absolute Gasteiger partial charge is 0.254 e. The van der Waals surface area contributed by atoms with E-state index in [-0.39, 0.29) is 17.6 Å². The number of ether oxygens (including phenoxy) is 2. The van der Waals surface area contributed by atoms with Crippen LogP contribution in [0.4, 0.5) is 0 Å². The molecule has 0 radical (unpaired) electrons. The fraction of sp³-hybridized carbons (Fsp3) is 0.480. The number of rotatable bonds is 6. The lowest BCUT2D eigenvalue weighted by Crippen LogP contribution is -2.38. The van der Waals surface area contributed by atoms with Gasteiger partial charge in [0.25, 0.3) is 5.91 Å². The van der Waals surface area contributed by atoms with Gasteiger partial charge in [-0.15, -0.1) is 0 Å². The first-order chi connectivity index (χ1) is 15.7. The molecular formula is C25H32N2O5S. The second-order valence-corrected chi connectivity index (χ2v) is 10.9. The average Bonchev–Trinajstić information content (AvgIpc) is 3.26. The molecule has 2 aromatic rings. The fourth-order valence-electron chi connectivity index (χ4n) is 4.35. The molecule has 33 heavy (non-hydrogen) atoms. The van der Waals surface area contributed by atoms with E-state index >= 15 is 0 Å². The van der Waals surface area contributed by atoms with Crippen molar-refractivity contribution >= 4 is 15.9 Å². The highest BCUT2D eigenvalue weighted by Gasteiger charge is 2.31. The van der Waals surface area contributed by atoms with Crippen LogP contribution in [-0.4, -0.2) is 50.0 Å². The predicted molar refractivity (Wildman–Crippen MR) is 126 cm³/mol. The summed E-state index contributed by atoms with van der Waals surface area (Å²) in [5, 5.41) is 0. The molecule has 1 amide bonds. The Morgan fingerprint density at radius 3 is 2.48 bits per heavy atom. The summed E-state index contributed by atoms with van der Waals surface area (Å²) in [5.74, 6) is 1.71. The summed E-state index contributed by atoms with van der Waals surface area (Å²) < 4.78 is 39.3. The maximum Gasteiger partial charge on any atom is 0.254 e. The summed E-state index contributed by atoms with van der Waals surface area (Å²) in [7, 11) is -3.66. The molecule has 2 aliphatic heterocycles. The largest absolute Gasteiger partial charge is 0.454 e. The molecule has 0 unspecified atom stereocenters. The van der Waals surface area contributed by atoms with Crippen LogP contribution in [0, 0.1) is 19.8 Å². The second kappa shape index (κ2) is 9.35. The van der Waals surface area contributed by atoms with E-state index < -0.39 is 10.0 Å². The number of amides is 1. The van der Waals surface area contributed by atoms with Crippen LogP contribution in [0.3, 0.4) is 0 Å². The van der Waals surface area contributed by atoms with Crippen molar-refractivity contribution in [3.05, 3.63) is 52.6 Å². The number of hydrogen-bond donors (Lipinski definition) is 0. The molecule has 2 aromatic carbocycles. The fourth-order valence-corrected chi connectivity index (χ4v) is 6.15. The second-order valence-electron chi connectivity index (χ2n) is 9.01. The van der Waals surface area contributed by atoms with Crippen molar-refractivity contribution in [1.82, 2.24) is 9.21 Å². The number of nitrogens with zero attached hydrogens (tertiary/aromatic N) is 2. The Morgan fingerprint density at radius 1 is 1.09 bits per heavy atom. The molecule has 178 valence electrons. The summed E-state index contributed by atoms with van der Waals surface area (Å²) in [6, 6.07) is 8.98. The third-order valence-corrected chi connectivity index (χ3v) is 8.73. The van der Waals surface area contributed by atoms with Crippen molar-refractivity contribution in [2.75, 3.05) is 26.4 Å². The molecule has 4 rings (SSSR count). The van der Waals surface area contributed by atoms with E-state index in [0.29, 0.717) is 54.7 Å². The SMILES string of the molecule is CCN(Cc1ccc2c(c1)OCO2)C(=O)c1cc(C)c(C)c(S(=O)(=O)N2CCC(C)CC2)c1. The Labute approximate surface area is 196 Å². The number of fused-ring (bicyclic) bond motifs is 1. The van der Waals surface area contributed by atoms with Gasteiger partial charge in [-0.3, -0.25) is 4.79 Å². The van der Waals surface area contributed by atoms with Gasteiger partial charge >= 0.3 is 0 Å². The number of hydrogen-bond acceptors (Lipinski definition) is 5. The van der Waals surface area contributed by atoms with Crippen LogP contribution in [0.25, 0.3) is 0 Å². The van der Waals surface area contributed by atoms with Crippen molar-refractivity contribution in [1.29, 1.82) is 0 Å². The number of carbonyl (C=O) groups is 1. The Kier molecular flexibility index (Phi) is 6.68. The van der Waals surface area contributed by atoms with Crippen molar-refractivity contribution in [3.63, 3.8) is 0 Å². The number of carbonyl (C=O) groups excluding carboxylic acids is 1. The minimum atomic E-state index is -3.66. The van der Waals surface area contributed by atoms with Crippen LogP contribution < -0.4 is 9.47 Å². The molecule has 0 saturated carbocycles. The van der Waals surface area contributed by atoms with Crippen LogP contribution in [0.2, 0.25) is 0 Å². The van der Waals surface area contributed by atoms with Crippen LogP contribution in [0.5, 0.6) is 11.5 Å². The van der Waals surface area contributed by atoms with Gasteiger partial charge in [-0.05, 0) is 80.5 Å². The lowest BCUT2D eigenvalue weighted by atomic mass is 10.0. The highest BCUT2D eigenvalue weighted by molar-refractivity contribution is 7.89. The van der Waals surface area contributed by atoms with Gasteiger partial charge in [-0.2, -0.15) is 4.31 Å². The molecule has 8 heteroatoms. The van der Waals surface area contributed by atoms with Gasteiger partial charge < -0.3 is 14.4 Å². The zero-order chi connectivity index (χ0) is 23.8. The normalized spacial score (nSPS) is 16.7. The zero-order valence-electron chi connectivity index (χ0n) is 19.8.